The Balaban J connectivity index is 4.75. The molecule has 0 aromatic heterocycles. The fraction of sp³-hybridized carbons (Fsp3) is 0.500. The van der Waals surface area contributed by atoms with Gasteiger partial charge < -0.3 is 14.9 Å². The molecule has 0 bridgehead atoms. The first kappa shape index (κ1) is 10.4. The lowest BCUT2D eigenvalue weighted by Crippen LogP contribution is -2.47. The van der Waals surface area contributed by atoms with E-state index in [4.69, 9.17) is 10.2 Å². The normalized spacial score (nSPS) is 10.5. The molecular formula is C6H8O6. The molecule has 6 nitrogen and oxygen atoms in total. The van der Waals surface area contributed by atoms with Crippen LogP contribution >= 0.6 is 0 Å². The minimum atomic E-state index is -2.49. The van der Waals surface area contributed by atoms with E-state index in [-0.39, 0.29) is 0 Å². The SMILES string of the molecule is CC(=O)OC(C)(C(=O)O)C(=O)O. The zero-order valence-corrected chi connectivity index (χ0v) is 6.53. The molecular weight excluding hydrogens is 168 g/mol. The van der Waals surface area contributed by atoms with Crippen molar-refractivity contribution in [2.24, 2.45) is 0 Å². The van der Waals surface area contributed by atoms with E-state index in [2.05, 4.69) is 4.74 Å². The monoisotopic (exact) mass is 176 g/mol. The largest absolute Gasteiger partial charge is 0.478 e. The van der Waals surface area contributed by atoms with Gasteiger partial charge in [-0.3, -0.25) is 4.79 Å². The van der Waals surface area contributed by atoms with E-state index < -0.39 is 23.5 Å². The predicted octanol–water partition coefficient (Wildman–Crippen LogP) is -0.523. The summed E-state index contributed by atoms with van der Waals surface area (Å²) >= 11 is 0. The molecule has 2 N–H and O–H groups in total. The standard InChI is InChI=1S/C6H8O6/c1-3(7)12-6(2,4(8)9)5(10)11/h1-2H3,(H,8,9)(H,10,11). The van der Waals surface area contributed by atoms with Gasteiger partial charge >= 0.3 is 23.5 Å². The number of carbonyl (C=O) groups excluding carboxylic acids is 1. The van der Waals surface area contributed by atoms with Gasteiger partial charge in [-0.05, 0) is 6.92 Å². The topological polar surface area (TPSA) is 101 Å². The van der Waals surface area contributed by atoms with Gasteiger partial charge in [-0.25, -0.2) is 9.59 Å². The van der Waals surface area contributed by atoms with Crippen LogP contribution in [0.3, 0.4) is 0 Å². The van der Waals surface area contributed by atoms with E-state index in [9.17, 15) is 14.4 Å². The Morgan fingerprint density at radius 1 is 1.17 bits per heavy atom. The van der Waals surface area contributed by atoms with Crippen LogP contribution in [-0.2, 0) is 19.1 Å². The van der Waals surface area contributed by atoms with Gasteiger partial charge in [0.05, 0.1) is 0 Å². The molecule has 0 amide bonds. The number of carboxylic acid groups (broad SMARTS) is 2. The summed E-state index contributed by atoms with van der Waals surface area (Å²) in [5.74, 6) is -4.39. The minimum absolute atomic E-state index is 0.791. The number of aliphatic carboxylic acids is 2. The molecule has 68 valence electrons. The highest BCUT2D eigenvalue weighted by molar-refractivity contribution is 6.02. The van der Waals surface area contributed by atoms with Crippen molar-refractivity contribution < 1.29 is 29.3 Å². The molecule has 0 rings (SSSR count). The molecule has 0 aromatic rings. The molecule has 6 heteroatoms. The van der Waals surface area contributed by atoms with Crippen molar-refractivity contribution in [3.8, 4) is 0 Å². The zero-order valence-electron chi connectivity index (χ0n) is 6.53. The third kappa shape index (κ3) is 1.94. The van der Waals surface area contributed by atoms with Gasteiger partial charge in [0, 0.05) is 6.92 Å². The second-order valence-corrected chi connectivity index (χ2v) is 2.24. The molecule has 0 heterocycles. The van der Waals surface area contributed by atoms with Crippen LogP contribution in [0.25, 0.3) is 0 Å². The van der Waals surface area contributed by atoms with E-state index in [1.807, 2.05) is 0 Å². The highest BCUT2D eigenvalue weighted by Crippen LogP contribution is 2.10. The number of carboxylic acids is 2. The molecule has 0 unspecified atom stereocenters. The highest BCUT2D eigenvalue weighted by atomic mass is 16.6. The van der Waals surface area contributed by atoms with Crippen molar-refractivity contribution in [2.45, 2.75) is 19.4 Å². The van der Waals surface area contributed by atoms with Crippen molar-refractivity contribution in [1.29, 1.82) is 0 Å². The molecule has 12 heavy (non-hydrogen) atoms. The number of carbonyl (C=O) groups is 3. The summed E-state index contributed by atoms with van der Waals surface area (Å²) in [6, 6.07) is 0. The molecule has 0 aromatic carbocycles. The molecule has 0 aliphatic carbocycles. The molecule has 0 aliphatic rings. The third-order valence-electron chi connectivity index (χ3n) is 1.16. The number of ether oxygens (including phenoxy) is 1. The number of rotatable bonds is 3. The van der Waals surface area contributed by atoms with Crippen LogP contribution in [0.2, 0.25) is 0 Å². The summed E-state index contributed by atoms with van der Waals surface area (Å²) in [7, 11) is 0. The lowest BCUT2D eigenvalue weighted by atomic mass is 10.1. The average molecular weight is 176 g/mol. The second-order valence-electron chi connectivity index (χ2n) is 2.24. The van der Waals surface area contributed by atoms with E-state index in [0.29, 0.717) is 0 Å². The maximum absolute atomic E-state index is 10.3. The number of hydrogen-bond acceptors (Lipinski definition) is 4. The molecule has 0 saturated carbocycles. The van der Waals surface area contributed by atoms with Crippen molar-refractivity contribution in [2.75, 3.05) is 0 Å². The van der Waals surface area contributed by atoms with Gasteiger partial charge in [0.25, 0.3) is 0 Å². The molecule has 0 atom stereocenters. The van der Waals surface area contributed by atoms with Crippen LogP contribution in [0.15, 0.2) is 0 Å². The highest BCUT2D eigenvalue weighted by Gasteiger charge is 2.45. The predicted molar refractivity (Wildman–Crippen MR) is 35.4 cm³/mol. The van der Waals surface area contributed by atoms with E-state index >= 15 is 0 Å². The molecule has 0 aliphatic heterocycles. The molecule has 0 fully saturated rings. The lowest BCUT2D eigenvalue weighted by Gasteiger charge is -2.18. The van der Waals surface area contributed by atoms with Gasteiger partial charge in [0.1, 0.15) is 0 Å². The smallest absolute Gasteiger partial charge is 0.359 e. The maximum Gasteiger partial charge on any atom is 0.359 e. The van der Waals surface area contributed by atoms with E-state index in [1.54, 1.807) is 0 Å². The van der Waals surface area contributed by atoms with Gasteiger partial charge in [0.15, 0.2) is 0 Å². The second kappa shape index (κ2) is 3.21. The third-order valence-corrected chi connectivity index (χ3v) is 1.16. The number of esters is 1. The number of hydrogen-bond donors (Lipinski definition) is 2. The van der Waals surface area contributed by atoms with Crippen molar-refractivity contribution >= 4 is 17.9 Å². The first-order chi connectivity index (χ1) is 5.30. The Bertz CT molecular complexity index is 216. The van der Waals surface area contributed by atoms with Crippen molar-refractivity contribution in [3.63, 3.8) is 0 Å². The summed E-state index contributed by atoms with van der Waals surface area (Å²) in [5, 5.41) is 16.8. The first-order valence-electron chi connectivity index (χ1n) is 2.97. The van der Waals surface area contributed by atoms with Crippen molar-refractivity contribution in [3.05, 3.63) is 0 Å². The fourth-order valence-corrected chi connectivity index (χ4v) is 0.466. The summed E-state index contributed by atoms with van der Waals surface area (Å²) in [4.78, 5) is 31.0. The Kier molecular flexibility index (Phi) is 2.78. The first-order valence-corrected chi connectivity index (χ1v) is 2.97. The maximum atomic E-state index is 10.3. The van der Waals surface area contributed by atoms with Crippen LogP contribution < -0.4 is 0 Å². The van der Waals surface area contributed by atoms with Gasteiger partial charge in [-0.15, -0.1) is 0 Å². The Morgan fingerprint density at radius 3 is 1.58 bits per heavy atom. The summed E-state index contributed by atoms with van der Waals surface area (Å²) in [6.07, 6.45) is 0. The van der Waals surface area contributed by atoms with Crippen LogP contribution in [0, 0.1) is 0 Å². The quantitative estimate of drug-likeness (QED) is 0.443. The summed E-state index contributed by atoms with van der Waals surface area (Å²) in [6.45, 7) is 1.73. The lowest BCUT2D eigenvalue weighted by molar-refractivity contribution is -0.187. The average Bonchev–Trinajstić information content (AvgIpc) is 1.84. The molecule has 0 radical (unpaired) electrons. The van der Waals surface area contributed by atoms with Gasteiger partial charge in [-0.2, -0.15) is 0 Å². The summed E-state index contributed by atoms with van der Waals surface area (Å²) in [5.41, 5.74) is -2.49. The van der Waals surface area contributed by atoms with Crippen LogP contribution in [0.5, 0.6) is 0 Å². The van der Waals surface area contributed by atoms with E-state index in [0.717, 1.165) is 13.8 Å². The fourth-order valence-electron chi connectivity index (χ4n) is 0.466. The van der Waals surface area contributed by atoms with Crippen LogP contribution in [-0.4, -0.2) is 33.7 Å². The Hall–Kier alpha value is -1.59. The Morgan fingerprint density at radius 2 is 1.50 bits per heavy atom. The zero-order chi connectivity index (χ0) is 9.94. The van der Waals surface area contributed by atoms with Gasteiger partial charge in [0.2, 0.25) is 0 Å². The molecule has 0 saturated heterocycles. The Labute approximate surface area is 67.8 Å². The van der Waals surface area contributed by atoms with Crippen molar-refractivity contribution in [1.82, 2.24) is 0 Å². The van der Waals surface area contributed by atoms with Crippen LogP contribution in [0.1, 0.15) is 13.8 Å². The molecule has 0 spiro atoms. The van der Waals surface area contributed by atoms with E-state index in [1.165, 1.54) is 0 Å². The van der Waals surface area contributed by atoms with Crippen LogP contribution in [0.4, 0.5) is 0 Å². The summed E-state index contributed by atoms with van der Waals surface area (Å²) < 4.78 is 4.12. The minimum Gasteiger partial charge on any atom is -0.478 e. The van der Waals surface area contributed by atoms with Gasteiger partial charge in [-0.1, -0.05) is 0 Å².